The Bertz CT molecular complexity index is 494. The fourth-order valence-electron chi connectivity index (χ4n) is 1.63. The van der Waals surface area contributed by atoms with Gasteiger partial charge in [-0.3, -0.25) is 19.8 Å². The molecule has 1 aromatic heterocycles. The third kappa shape index (κ3) is 2.47. The van der Waals surface area contributed by atoms with Gasteiger partial charge in [-0.25, -0.2) is 4.98 Å². The summed E-state index contributed by atoms with van der Waals surface area (Å²) in [4.78, 5) is 27.4. The van der Waals surface area contributed by atoms with Gasteiger partial charge in [-0.15, -0.1) is 0 Å². The molecule has 2 heterocycles. The summed E-state index contributed by atoms with van der Waals surface area (Å²) in [6, 6.07) is 1.34. The van der Waals surface area contributed by atoms with E-state index in [1.165, 1.54) is 17.2 Å². The molecule has 1 amide bonds. The number of carbonyl (C=O) groups is 1. The van der Waals surface area contributed by atoms with Gasteiger partial charge in [0.2, 0.25) is 11.7 Å². The van der Waals surface area contributed by atoms with E-state index in [0.717, 1.165) is 0 Å². The number of amides is 1. The monoisotopic (exact) mass is 363 g/mol. The van der Waals surface area contributed by atoms with Crippen LogP contribution in [0.15, 0.2) is 16.7 Å². The number of nitrogens with zero attached hydrogens (tertiary/aromatic N) is 3. The van der Waals surface area contributed by atoms with Crippen LogP contribution in [0, 0.1) is 10.1 Å². The summed E-state index contributed by atoms with van der Waals surface area (Å²) in [5.74, 6) is -0.0602. The molecule has 90 valence electrons. The molecule has 1 atom stereocenters. The van der Waals surface area contributed by atoms with Gasteiger partial charge >= 0.3 is 5.69 Å². The second-order valence-electron chi connectivity index (χ2n) is 3.56. The minimum Gasteiger partial charge on any atom is -0.290 e. The van der Waals surface area contributed by atoms with Crippen molar-refractivity contribution >= 4 is 49.3 Å². The molecule has 1 aliphatic heterocycles. The van der Waals surface area contributed by atoms with E-state index >= 15 is 0 Å². The molecule has 1 fully saturated rings. The van der Waals surface area contributed by atoms with E-state index in [1.807, 2.05) is 0 Å². The molecule has 2 rings (SSSR count). The molecule has 0 spiro atoms. The lowest BCUT2D eigenvalue weighted by Gasteiger charge is -2.14. The second kappa shape index (κ2) is 4.69. The highest BCUT2D eigenvalue weighted by atomic mass is 79.9. The second-order valence-corrected chi connectivity index (χ2v) is 5.77. The largest absolute Gasteiger partial charge is 0.313 e. The Balaban J connectivity index is 2.45. The maximum Gasteiger partial charge on any atom is 0.313 e. The van der Waals surface area contributed by atoms with Crippen molar-refractivity contribution in [2.75, 3.05) is 11.4 Å². The fraction of sp³-hybridized carbons (Fsp3) is 0.333. The normalized spacial score (nSPS) is 19.8. The molecule has 1 aromatic rings. The van der Waals surface area contributed by atoms with Gasteiger partial charge in [0.15, 0.2) is 0 Å². The van der Waals surface area contributed by atoms with E-state index in [9.17, 15) is 14.9 Å². The van der Waals surface area contributed by atoms with E-state index in [-0.39, 0.29) is 22.2 Å². The van der Waals surface area contributed by atoms with Crippen LogP contribution in [-0.4, -0.2) is 27.2 Å². The number of pyridine rings is 1. The van der Waals surface area contributed by atoms with Gasteiger partial charge in [-0.2, -0.15) is 0 Å². The van der Waals surface area contributed by atoms with Gasteiger partial charge in [-0.1, -0.05) is 15.9 Å². The number of nitro groups is 1. The number of anilines is 1. The summed E-state index contributed by atoms with van der Waals surface area (Å²) in [6.45, 7) is 0.397. The van der Waals surface area contributed by atoms with E-state index < -0.39 is 4.92 Å². The van der Waals surface area contributed by atoms with Gasteiger partial charge in [0.25, 0.3) is 0 Å². The van der Waals surface area contributed by atoms with E-state index in [4.69, 9.17) is 0 Å². The predicted octanol–water partition coefficient (Wildman–Crippen LogP) is 2.25. The van der Waals surface area contributed by atoms with Crippen molar-refractivity contribution in [3.8, 4) is 0 Å². The van der Waals surface area contributed by atoms with Crippen LogP contribution in [0.4, 0.5) is 11.5 Å². The lowest BCUT2D eigenvalue weighted by atomic mass is 10.3. The first-order valence-electron chi connectivity index (χ1n) is 4.73. The molecule has 17 heavy (non-hydrogen) atoms. The average molecular weight is 365 g/mol. The minimum absolute atomic E-state index is 0.0139. The van der Waals surface area contributed by atoms with Crippen molar-refractivity contribution in [1.82, 2.24) is 4.98 Å². The first kappa shape index (κ1) is 12.4. The van der Waals surface area contributed by atoms with Crippen LogP contribution < -0.4 is 4.90 Å². The molecule has 6 nitrogen and oxygen atoms in total. The first-order chi connectivity index (χ1) is 7.99. The Morgan fingerprint density at radius 2 is 2.29 bits per heavy atom. The van der Waals surface area contributed by atoms with Crippen LogP contribution in [0.3, 0.4) is 0 Å². The fourth-order valence-corrected chi connectivity index (χ4v) is 2.52. The first-order valence-corrected chi connectivity index (χ1v) is 6.44. The summed E-state index contributed by atoms with van der Waals surface area (Å²) in [5, 5.41) is 10.9. The molecular weight excluding hydrogens is 358 g/mol. The van der Waals surface area contributed by atoms with Gasteiger partial charge in [0.1, 0.15) is 0 Å². The van der Waals surface area contributed by atoms with Crippen LogP contribution in [0.2, 0.25) is 0 Å². The highest BCUT2D eigenvalue weighted by molar-refractivity contribution is 9.10. The van der Waals surface area contributed by atoms with Crippen molar-refractivity contribution in [2.24, 2.45) is 0 Å². The smallest absolute Gasteiger partial charge is 0.290 e. The van der Waals surface area contributed by atoms with Gasteiger partial charge in [0, 0.05) is 34.5 Å². The predicted molar refractivity (Wildman–Crippen MR) is 68.3 cm³/mol. The molecule has 1 unspecified atom stereocenters. The third-order valence-electron chi connectivity index (χ3n) is 2.34. The Hall–Kier alpha value is -1.02. The van der Waals surface area contributed by atoms with Crippen molar-refractivity contribution in [1.29, 1.82) is 0 Å². The number of halogens is 2. The molecule has 8 heteroatoms. The highest BCUT2D eigenvalue weighted by Crippen LogP contribution is 2.32. The average Bonchev–Trinajstić information content (AvgIpc) is 2.57. The zero-order valence-electron chi connectivity index (χ0n) is 8.47. The Morgan fingerprint density at radius 3 is 2.82 bits per heavy atom. The maximum absolute atomic E-state index is 11.7. The van der Waals surface area contributed by atoms with Crippen LogP contribution in [0.25, 0.3) is 0 Å². The van der Waals surface area contributed by atoms with Gasteiger partial charge in [0.05, 0.1) is 4.92 Å². The number of hydrogen-bond acceptors (Lipinski definition) is 4. The zero-order chi connectivity index (χ0) is 12.6. The molecular formula is C9H7Br2N3O3. The van der Waals surface area contributed by atoms with E-state index in [1.54, 1.807) is 0 Å². The maximum atomic E-state index is 11.7. The number of aromatic nitrogens is 1. The number of hydrogen-bond donors (Lipinski definition) is 0. The molecule has 0 N–H and O–H groups in total. The van der Waals surface area contributed by atoms with Crippen LogP contribution in [0.1, 0.15) is 6.42 Å². The quantitative estimate of drug-likeness (QED) is 0.458. The Labute approximate surface area is 113 Å². The van der Waals surface area contributed by atoms with Crippen molar-refractivity contribution in [3.05, 3.63) is 26.9 Å². The van der Waals surface area contributed by atoms with Gasteiger partial charge in [-0.05, 0) is 15.9 Å². The lowest BCUT2D eigenvalue weighted by Crippen LogP contribution is -2.26. The number of carbonyl (C=O) groups excluding carboxylic acids is 1. The van der Waals surface area contributed by atoms with Crippen molar-refractivity contribution < 1.29 is 9.72 Å². The summed E-state index contributed by atoms with van der Waals surface area (Å²) in [5.41, 5.74) is -0.172. The summed E-state index contributed by atoms with van der Waals surface area (Å²) >= 11 is 6.44. The number of alkyl halides is 1. The third-order valence-corrected chi connectivity index (χ3v) is 3.39. The molecule has 1 aliphatic rings. The zero-order valence-corrected chi connectivity index (χ0v) is 11.6. The minimum atomic E-state index is -0.540. The van der Waals surface area contributed by atoms with Crippen molar-refractivity contribution in [2.45, 2.75) is 11.2 Å². The highest BCUT2D eigenvalue weighted by Gasteiger charge is 2.34. The summed E-state index contributed by atoms with van der Waals surface area (Å²) in [6.07, 6.45) is 1.77. The number of rotatable bonds is 2. The van der Waals surface area contributed by atoms with Crippen LogP contribution in [0.5, 0.6) is 0 Å². The molecule has 0 aliphatic carbocycles. The molecule has 0 aromatic carbocycles. The Kier molecular flexibility index (Phi) is 3.43. The lowest BCUT2D eigenvalue weighted by molar-refractivity contribution is -0.384. The van der Waals surface area contributed by atoms with Crippen LogP contribution >= 0.6 is 31.9 Å². The SMILES string of the molecule is O=C1CC(Br)CN1c1ncc(Br)cc1[N+](=O)[O-]. The molecule has 0 saturated carbocycles. The molecule has 1 saturated heterocycles. The summed E-state index contributed by atoms with van der Waals surface area (Å²) in [7, 11) is 0. The topological polar surface area (TPSA) is 76.3 Å². The van der Waals surface area contributed by atoms with Crippen LogP contribution in [-0.2, 0) is 4.79 Å². The molecule has 0 bridgehead atoms. The Morgan fingerprint density at radius 1 is 1.59 bits per heavy atom. The van der Waals surface area contributed by atoms with E-state index in [2.05, 4.69) is 36.8 Å². The van der Waals surface area contributed by atoms with Crippen molar-refractivity contribution in [3.63, 3.8) is 0 Å². The standard InChI is InChI=1S/C9H7Br2N3O3/c10-5-1-7(14(16)17)9(12-3-5)13-4-6(11)2-8(13)15/h1,3,6H,2,4H2. The summed E-state index contributed by atoms with van der Waals surface area (Å²) < 4.78 is 0.509. The van der Waals surface area contributed by atoms with E-state index in [0.29, 0.717) is 17.4 Å². The van der Waals surface area contributed by atoms with Gasteiger partial charge < -0.3 is 0 Å². The molecule has 0 radical (unpaired) electrons.